The Bertz CT molecular complexity index is 747. The lowest BCUT2D eigenvalue weighted by molar-refractivity contribution is -0.132. The van der Waals surface area contributed by atoms with E-state index in [9.17, 15) is 4.79 Å². The largest absolute Gasteiger partial charge is 0.367 e. The van der Waals surface area contributed by atoms with Gasteiger partial charge in [-0.2, -0.15) is 0 Å². The molecule has 3 rings (SSSR count). The van der Waals surface area contributed by atoms with E-state index in [-0.39, 0.29) is 5.91 Å². The number of anilines is 1. The molecule has 1 unspecified atom stereocenters. The fourth-order valence-electron chi connectivity index (χ4n) is 2.92. The summed E-state index contributed by atoms with van der Waals surface area (Å²) in [6.07, 6.45) is 1.70. The molecule has 1 fully saturated rings. The van der Waals surface area contributed by atoms with Gasteiger partial charge in [-0.05, 0) is 36.2 Å². The van der Waals surface area contributed by atoms with Crippen molar-refractivity contribution in [3.63, 3.8) is 0 Å². The predicted molar refractivity (Wildman–Crippen MR) is 121 cm³/mol. The average molecular weight is 442 g/mol. The number of nitrogens with zero attached hydrogens (tertiary/aromatic N) is 2. The van der Waals surface area contributed by atoms with Gasteiger partial charge in [0.05, 0.1) is 10.7 Å². The molecule has 0 aliphatic carbocycles. The maximum atomic E-state index is 12.2. The Kier molecular flexibility index (Phi) is 9.43. The van der Waals surface area contributed by atoms with Crippen LogP contribution in [0.1, 0.15) is 26.7 Å². The Morgan fingerprint density at radius 2 is 1.61 bits per heavy atom. The number of amides is 1. The Morgan fingerprint density at radius 1 is 0.964 bits per heavy atom. The van der Waals surface area contributed by atoms with E-state index in [1.54, 1.807) is 6.07 Å². The molecule has 2 aromatic rings. The Labute approximate surface area is 183 Å². The molecule has 0 N–H and O–H groups in total. The van der Waals surface area contributed by atoms with Gasteiger partial charge in [-0.15, -0.1) is 0 Å². The molecule has 2 aromatic carbocycles. The number of piperazine rings is 1. The Morgan fingerprint density at radius 3 is 2.11 bits per heavy atom. The number of hydrogen-bond acceptors (Lipinski definition) is 2. The molecule has 1 aliphatic heterocycles. The highest BCUT2D eigenvalue weighted by molar-refractivity contribution is 6.36. The molecular weight excluding hydrogens is 415 g/mol. The fraction of sp³-hybridized carbons (Fsp3) is 0.409. The van der Waals surface area contributed by atoms with E-state index in [0.717, 1.165) is 43.3 Å². The molecule has 0 saturated carbocycles. The van der Waals surface area contributed by atoms with Crippen molar-refractivity contribution < 1.29 is 4.79 Å². The molecule has 152 valence electrons. The molecule has 0 spiro atoms. The number of carbonyl (C=O) groups excluding carboxylic acids is 1. The normalized spacial score (nSPS) is 14.9. The van der Waals surface area contributed by atoms with Gasteiger partial charge in [0.25, 0.3) is 0 Å². The zero-order valence-corrected chi connectivity index (χ0v) is 18.6. The van der Waals surface area contributed by atoms with Crippen LogP contribution >= 0.6 is 34.8 Å². The summed E-state index contributed by atoms with van der Waals surface area (Å²) in [5.74, 6) is 0.729. The van der Waals surface area contributed by atoms with Crippen molar-refractivity contribution in [3.8, 4) is 0 Å². The molecule has 1 amide bonds. The zero-order chi connectivity index (χ0) is 20.5. The summed E-state index contributed by atoms with van der Waals surface area (Å²) in [5.41, 5.74) is 0.995. The van der Waals surface area contributed by atoms with Crippen molar-refractivity contribution in [2.75, 3.05) is 31.1 Å². The maximum absolute atomic E-state index is 12.2. The van der Waals surface area contributed by atoms with Gasteiger partial charge < -0.3 is 9.80 Å². The first kappa shape index (κ1) is 22.9. The summed E-state index contributed by atoms with van der Waals surface area (Å²) in [7, 11) is 0. The van der Waals surface area contributed by atoms with Crippen LogP contribution in [-0.4, -0.2) is 37.0 Å². The maximum Gasteiger partial charge on any atom is 0.222 e. The van der Waals surface area contributed by atoms with Crippen LogP contribution in [0.5, 0.6) is 0 Å². The molecule has 0 bridgehead atoms. The number of halogens is 3. The van der Waals surface area contributed by atoms with Gasteiger partial charge in [0.15, 0.2) is 0 Å². The van der Waals surface area contributed by atoms with E-state index < -0.39 is 0 Å². The summed E-state index contributed by atoms with van der Waals surface area (Å²) < 4.78 is 0. The van der Waals surface area contributed by atoms with Gasteiger partial charge in [-0.25, -0.2) is 0 Å². The van der Waals surface area contributed by atoms with E-state index in [1.165, 1.54) is 0 Å². The summed E-state index contributed by atoms with van der Waals surface area (Å²) >= 11 is 17.7. The van der Waals surface area contributed by atoms with Gasteiger partial charge in [0, 0.05) is 42.6 Å². The third-order valence-electron chi connectivity index (χ3n) is 4.84. The minimum Gasteiger partial charge on any atom is -0.367 e. The first-order valence-corrected chi connectivity index (χ1v) is 10.7. The highest BCUT2D eigenvalue weighted by Crippen LogP contribution is 2.29. The number of carbonyl (C=O) groups is 1. The highest BCUT2D eigenvalue weighted by Gasteiger charge is 2.23. The molecule has 1 atom stereocenters. The molecule has 1 heterocycles. The Hall–Kier alpha value is -1.42. The lowest BCUT2D eigenvalue weighted by Crippen LogP contribution is -2.49. The number of rotatable bonds is 4. The molecule has 6 heteroatoms. The lowest BCUT2D eigenvalue weighted by atomic mass is 10.0. The van der Waals surface area contributed by atoms with E-state index in [4.69, 9.17) is 34.8 Å². The van der Waals surface area contributed by atoms with Crippen LogP contribution in [0.3, 0.4) is 0 Å². The first-order chi connectivity index (χ1) is 13.4. The molecule has 1 saturated heterocycles. The van der Waals surface area contributed by atoms with Crippen LogP contribution in [-0.2, 0) is 4.79 Å². The van der Waals surface area contributed by atoms with Crippen LogP contribution in [0.15, 0.2) is 48.5 Å². The van der Waals surface area contributed by atoms with Gasteiger partial charge in [-0.3, -0.25) is 4.79 Å². The molecule has 0 radical (unpaired) electrons. The van der Waals surface area contributed by atoms with E-state index in [1.807, 2.05) is 47.4 Å². The molecule has 28 heavy (non-hydrogen) atoms. The van der Waals surface area contributed by atoms with Crippen LogP contribution in [0.4, 0.5) is 5.69 Å². The van der Waals surface area contributed by atoms with Gasteiger partial charge in [-0.1, -0.05) is 73.3 Å². The van der Waals surface area contributed by atoms with E-state index in [0.29, 0.717) is 22.4 Å². The zero-order valence-electron chi connectivity index (χ0n) is 16.4. The van der Waals surface area contributed by atoms with Crippen molar-refractivity contribution >= 4 is 46.4 Å². The second-order valence-corrected chi connectivity index (χ2v) is 8.26. The van der Waals surface area contributed by atoms with Crippen LogP contribution in [0.25, 0.3) is 0 Å². The molecule has 1 aliphatic rings. The van der Waals surface area contributed by atoms with Gasteiger partial charge >= 0.3 is 0 Å². The van der Waals surface area contributed by atoms with Crippen molar-refractivity contribution in [3.05, 3.63) is 63.6 Å². The van der Waals surface area contributed by atoms with Crippen molar-refractivity contribution in [1.82, 2.24) is 4.90 Å². The monoisotopic (exact) mass is 440 g/mol. The predicted octanol–water partition coefficient (Wildman–Crippen LogP) is 6.42. The van der Waals surface area contributed by atoms with E-state index in [2.05, 4.69) is 18.7 Å². The minimum atomic E-state index is 0.270. The van der Waals surface area contributed by atoms with Crippen LogP contribution in [0.2, 0.25) is 15.1 Å². The van der Waals surface area contributed by atoms with Crippen molar-refractivity contribution in [2.24, 2.45) is 5.92 Å². The third kappa shape index (κ3) is 7.20. The summed E-state index contributed by atoms with van der Waals surface area (Å²) in [6.45, 7) is 7.39. The second-order valence-electron chi connectivity index (χ2n) is 6.98. The van der Waals surface area contributed by atoms with E-state index >= 15 is 0 Å². The smallest absolute Gasteiger partial charge is 0.222 e. The quantitative estimate of drug-likeness (QED) is 0.546. The highest BCUT2D eigenvalue weighted by atomic mass is 35.5. The molecule has 0 aromatic heterocycles. The van der Waals surface area contributed by atoms with Crippen molar-refractivity contribution in [2.45, 2.75) is 26.7 Å². The topological polar surface area (TPSA) is 23.6 Å². The summed E-state index contributed by atoms with van der Waals surface area (Å²) in [6, 6.07) is 15.0. The lowest BCUT2D eigenvalue weighted by Gasteiger charge is -2.37. The molecular formula is C22H27Cl3N2O. The minimum absolute atomic E-state index is 0.270. The standard InChI is InChI=1S/C16H22Cl2N2O.C6H5Cl/c1-3-12(2)10-16(21)20-8-6-19(7-9-20)15-5-4-13(17)11-14(15)18;7-6-4-2-1-3-5-6/h4-5,11-12H,3,6-10H2,1-2H3;1-5H. The second kappa shape index (κ2) is 11.5. The molecule has 3 nitrogen and oxygen atoms in total. The number of benzene rings is 2. The number of hydrogen-bond donors (Lipinski definition) is 0. The summed E-state index contributed by atoms with van der Waals surface area (Å²) in [5, 5.41) is 2.11. The van der Waals surface area contributed by atoms with Crippen LogP contribution < -0.4 is 4.90 Å². The van der Waals surface area contributed by atoms with Crippen molar-refractivity contribution in [1.29, 1.82) is 0 Å². The average Bonchev–Trinajstić information content (AvgIpc) is 2.69. The Balaban J connectivity index is 0.000000336. The summed E-state index contributed by atoms with van der Waals surface area (Å²) in [4.78, 5) is 16.4. The first-order valence-electron chi connectivity index (χ1n) is 9.59. The van der Waals surface area contributed by atoms with Gasteiger partial charge in [0.2, 0.25) is 5.91 Å². The third-order valence-corrected chi connectivity index (χ3v) is 5.63. The SMILES string of the molecule is CCC(C)CC(=O)N1CCN(c2ccc(Cl)cc2Cl)CC1.Clc1ccccc1. The fourth-order valence-corrected chi connectivity index (χ4v) is 3.59. The van der Waals surface area contributed by atoms with Gasteiger partial charge in [0.1, 0.15) is 0 Å². The van der Waals surface area contributed by atoms with Crippen LogP contribution in [0, 0.1) is 5.92 Å².